The highest BCUT2D eigenvalue weighted by Gasteiger charge is 2.41. The van der Waals surface area contributed by atoms with Crippen LogP contribution in [0.25, 0.3) is 0 Å². The summed E-state index contributed by atoms with van der Waals surface area (Å²) in [5, 5.41) is 0. The summed E-state index contributed by atoms with van der Waals surface area (Å²) in [6, 6.07) is 0.540. The van der Waals surface area contributed by atoms with E-state index >= 15 is 0 Å². The first kappa shape index (κ1) is 14.3. The molecular weight excluding hydrogens is 266 g/mol. The summed E-state index contributed by atoms with van der Waals surface area (Å²) in [4.78, 5) is 27.1. The van der Waals surface area contributed by atoms with E-state index in [1.54, 1.807) is 0 Å². The van der Waals surface area contributed by atoms with E-state index in [-0.39, 0.29) is 6.04 Å². The lowest BCUT2D eigenvalue weighted by molar-refractivity contribution is -0.132. The molecule has 0 spiro atoms. The van der Waals surface area contributed by atoms with Crippen molar-refractivity contribution in [3.8, 4) is 0 Å². The topological polar surface area (TPSA) is 52.6 Å². The second-order valence-corrected chi connectivity index (χ2v) is 6.27. The maximum atomic E-state index is 12.4. The number of hydrogen-bond donors (Lipinski definition) is 0. The monoisotopic (exact) mass is 289 g/mol. The average molecular weight is 289 g/mol. The number of anilines is 1. The molecule has 2 aliphatic rings. The predicted octanol–water partition coefficient (Wildman–Crippen LogP) is 0.738. The first-order valence-corrected chi connectivity index (χ1v) is 7.55. The van der Waals surface area contributed by atoms with Gasteiger partial charge in [0.25, 0.3) is 0 Å². The van der Waals surface area contributed by atoms with Crippen LogP contribution in [0.15, 0.2) is 12.4 Å². The first-order valence-electron chi connectivity index (χ1n) is 7.55. The number of likely N-dealkylation sites (N-methyl/N-ethyl adjacent to an activating group) is 1. The van der Waals surface area contributed by atoms with E-state index in [0.29, 0.717) is 24.4 Å². The third-order valence-corrected chi connectivity index (χ3v) is 4.25. The number of carbonyl (C=O) groups excluding carboxylic acids is 1. The smallest absolute Gasteiger partial charge is 0.240 e. The molecule has 1 saturated heterocycles. The summed E-state index contributed by atoms with van der Waals surface area (Å²) in [6.45, 7) is 1.62. The van der Waals surface area contributed by atoms with Crippen molar-refractivity contribution >= 4 is 11.9 Å². The summed E-state index contributed by atoms with van der Waals surface area (Å²) in [5.41, 5.74) is 1.04. The molecule has 21 heavy (non-hydrogen) atoms. The van der Waals surface area contributed by atoms with E-state index in [1.807, 2.05) is 38.4 Å². The van der Waals surface area contributed by atoms with E-state index in [2.05, 4.69) is 19.8 Å². The number of amides is 1. The van der Waals surface area contributed by atoms with Crippen LogP contribution in [0, 0.1) is 0 Å². The van der Waals surface area contributed by atoms with Gasteiger partial charge in [-0.2, -0.15) is 0 Å². The summed E-state index contributed by atoms with van der Waals surface area (Å²) in [6.07, 6.45) is 6.99. The van der Waals surface area contributed by atoms with Gasteiger partial charge in [0, 0.05) is 51.2 Å². The SMILES string of the molecule is CN(C)c1ncc(CN(C)C2CCN(C3CC3)C2=O)cn1. The Balaban J connectivity index is 1.60. The van der Waals surface area contributed by atoms with Gasteiger partial charge in [-0.1, -0.05) is 0 Å². The Morgan fingerprint density at radius 3 is 2.43 bits per heavy atom. The van der Waals surface area contributed by atoms with Crippen molar-refractivity contribution in [1.29, 1.82) is 0 Å². The second kappa shape index (κ2) is 5.60. The number of rotatable bonds is 5. The molecule has 6 nitrogen and oxygen atoms in total. The molecule has 0 radical (unpaired) electrons. The molecule has 1 aliphatic carbocycles. The molecule has 1 aromatic rings. The fourth-order valence-electron chi connectivity index (χ4n) is 2.90. The average Bonchev–Trinajstić information content (AvgIpc) is 3.22. The Kier molecular flexibility index (Phi) is 3.80. The molecule has 0 aromatic carbocycles. The van der Waals surface area contributed by atoms with Crippen molar-refractivity contribution in [3.05, 3.63) is 18.0 Å². The van der Waals surface area contributed by atoms with Gasteiger partial charge in [0.15, 0.2) is 0 Å². The summed E-state index contributed by atoms with van der Waals surface area (Å²) in [5.74, 6) is 1.00. The molecule has 0 N–H and O–H groups in total. The van der Waals surface area contributed by atoms with Gasteiger partial charge >= 0.3 is 0 Å². The third kappa shape index (κ3) is 3.00. The van der Waals surface area contributed by atoms with Crippen molar-refractivity contribution < 1.29 is 4.79 Å². The van der Waals surface area contributed by atoms with Crippen LogP contribution < -0.4 is 4.90 Å². The molecule has 1 atom stereocenters. The Morgan fingerprint density at radius 1 is 1.19 bits per heavy atom. The number of carbonyl (C=O) groups is 1. The van der Waals surface area contributed by atoms with Crippen molar-refractivity contribution in [3.63, 3.8) is 0 Å². The van der Waals surface area contributed by atoms with E-state index in [9.17, 15) is 4.79 Å². The molecule has 1 saturated carbocycles. The highest BCUT2D eigenvalue weighted by atomic mass is 16.2. The Bertz CT molecular complexity index is 511. The molecule has 114 valence electrons. The number of nitrogens with zero attached hydrogens (tertiary/aromatic N) is 5. The molecule has 1 unspecified atom stereocenters. The van der Waals surface area contributed by atoms with Gasteiger partial charge in [0.05, 0.1) is 6.04 Å². The fraction of sp³-hybridized carbons (Fsp3) is 0.667. The van der Waals surface area contributed by atoms with Crippen molar-refractivity contribution in [2.24, 2.45) is 0 Å². The zero-order valence-electron chi connectivity index (χ0n) is 13.0. The Hall–Kier alpha value is -1.69. The second-order valence-electron chi connectivity index (χ2n) is 6.27. The standard InChI is InChI=1S/C15H23N5O/c1-18(2)15-16-8-11(9-17-15)10-19(3)13-6-7-20(14(13)21)12-4-5-12/h8-9,12-13H,4-7,10H2,1-3H3. The normalized spacial score (nSPS) is 22.2. The predicted molar refractivity (Wildman–Crippen MR) is 81.0 cm³/mol. The highest BCUT2D eigenvalue weighted by molar-refractivity contribution is 5.84. The van der Waals surface area contributed by atoms with Crippen LogP contribution in [0.5, 0.6) is 0 Å². The molecule has 6 heteroatoms. The minimum absolute atomic E-state index is 0.0131. The van der Waals surface area contributed by atoms with Gasteiger partial charge in [-0.25, -0.2) is 9.97 Å². The molecule has 1 amide bonds. The Morgan fingerprint density at radius 2 is 1.86 bits per heavy atom. The lowest BCUT2D eigenvalue weighted by Crippen LogP contribution is -2.40. The molecule has 3 rings (SSSR count). The van der Waals surface area contributed by atoms with Gasteiger partial charge in [0.2, 0.25) is 11.9 Å². The van der Waals surface area contributed by atoms with Crippen molar-refractivity contribution in [2.45, 2.75) is 37.9 Å². The van der Waals surface area contributed by atoms with E-state index < -0.39 is 0 Å². The minimum Gasteiger partial charge on any atom is -0.347 e. The van der Waals surface area contributed by atoms with Gasteiger partial charge < -0.3 is 9.80 Å². The maximum Gasteiger partial charge on any atom is 0.240 e. The number of likely N-dealkylation sites (tertiary alicyclic amines) is 1. The zero-order valence-corrected chi connectivity index (χ0v) is 13.0. The van der Waals surface area contributed by atoms with Gasteiger partial charge in [-0.15, -0.1) is 0 Å². The minimum atomic E-state index is 0.0131. The summed E-state index contributed by atoms with van der Waals surface area (Å²) < 4.78 is 0. The van der Waals surface area contributed by atoms with E-state index in [0.717, 1.165) is 18.5 Å². The van der Waals surface area contributed by atoms with Crippen molar-refractivity contribution in [2.75, 3.05) is 32.6 Å². The summed E-state index contributed by atoms with van der Waals surface area (Å²) in [7, 11) is 5.86. The molecule has 2 fully saturated rings. The zero-order chi connectivity index (χ0) is 15.0. The van der Waals surface area contributed by atoms with Crippen LogP contribution in [0.1, 0.15) is 24.8 Å². The Labute approximate surface area is 125 Å². The largest absolute Gasteiger partial charge is 0.347 e. The quantitative estimate of drug-likeness (QED) is 0.800. The van der Waals surface area contributed by atoms with Crippen LogP contribution in [0.2, 0.25) is 0 Å². The molecular formula is C15H23N5O. The maximum absolute atomic E-state index is 12.4. The van der Waals surface area contributed by atoms with E-state index in [4.69, 9.17) is 0 Å². The fourth-order valence-corrected chi connectivity index (χ4v) is 2.90. The van der Waals surface area contributed by atoms with Crippen LogP contribution >= 0.6 is 0 Å². The van der Waals surface area contributed by atoms with Crippen molar-refractivity contribution in [1.82, 2.24) is 19.8 Å². The highest BCUT2D eigenvalue weighted by Crippen LogP contribution is 2.32. The van der Waals surface area contributed by atoms with Crippen LogP contribution in [0.4, 0.5) is 5.95 Å². The van der Waals surface area contributed by atoms with E-state index in [1.165, 1.54) is 12.8 Å². The molecule has 1 aromatic heterocycles. The lowest BCUT2D eigenvalue weighted by atomic mass is 10.2. The number of hydrogen-bond acceptors (Lipinski definition) is 5. The molecule has 0 bridgehead atoms. The lowest BCUT2D eigenvalue weighted by Gasteiger charge is -2.23. The van der Waals surface area contributed by atoms with Gasteiger partial charge in [0.1, 0.15) is 0 Å². The first-order chi connectivity index (χ1) is 10.1. The third-order valence-electron chi connectivity index (χ3n) is 4.25. The van der Waals surface area contributed by atoms with Gasteiger partial charge in [-0.05, 0) is 26.3 Å². The van der Waals surface area contributed by atoms with Gasteiger partial charge in [-0.3, -0.25) is 9.69 Å². The van der Waals surface area contributed by atoms with Crippen LogP contribution in [-0.4, -0.2) is 65.4 Å². The molecule has 1 aliphatic heterocycles. The number of aromatic nitrogens is 2. The molecule has 2 heterocycles. The van der Waals surface area contributed by atoms with Crippen LogP contribution in [-0.2, 0) is 11.3 Å². The van der Waals surface area contributed by atoms with Crippen LogP contribution in [0.3, 0.4) is 0 Å². The summed E-state index contributed by atoms with van der Waals surface area (Å²) >= 11 is 0.